The number of imide groups is 2. The van der Waals surface area contributed by atoms with Gasteiger partial charge in [-0.15, -0.1) is 0 Å². The van der Waals surface area contributed by atoms with Gasteiger partial charge in [-0.1, -0.05) is 18.2 Å². The molecular weight excluding hydrogens is 963 g/mol. The van der Waals surface area contributed by atoms with Crippen LogP contribution in [0.5, 0.6) is 0 Å². The van der Waals surface area contributed by atoms with Crippen LogP contribution in [0, 0.1) is 5.82 Å². The van der Waals surface area contributed by atoms with E-state index in [-0.39, 0.29) is 84.8 Å². The van der Waals surface area contributed by atoms with Crippen molar-refractivity contribution in [1.82, 2.24) is 25.4 Å². The Kier molecular flexibility index (Phi) is 17.9. The molecule has 0 spiro atoms. The lowest BCUT2D eigenvalue weighted by Gasteiger charge is -2.44. The van der Waals surface area contributed by atoms with Gasteiger partial charge in [-0.25, -0.2) is 4.39 Å². The maximum absolute atomic E-state index is 15.5. The van der Waals surface area contributed by atoms with Gasteiger partial charge in [0.1, 0.15) is 11.9 Å². The first-order chi connectivity index (χ1) is 34.9. The Labute approximate surface area is 417 Å². The monoisotopic (exact) mass is 1020 g/mol. The molecule has 4 N–H and O–H groups in total. The van der Waals surface area contributed by atoms with E-state index in [0.717, 1.165) is 11.0 Å². The van der Waals surface area contributed by atoms with Crippen LogP contribution < -0.4 is 26.4 Å². The van der Waals surface area contributed by atoms with Gasteiger partial charge in [0.15, 0.2) is 0 Å². The number of nitrogens with zero attached hydrogens (tertiary/aromatic N) is 3. The number of anilines is 2. The molecule has 3 atom stereocenters. The van der Waals surface area contributed by atoms with Gasteiger partial charge in [-0.3, -0.25) is 48.7 Å². The van der Waals surface area contributed by atoms with Crippen LogP contribution in [0.15, 0.2) is 71.7 Å². The van der Waals surface area contributed by atoms with Crippen LogP contribution in [0.2, 0.25) is 0 Å². The van der Waals surface area contributed by atoms with Gasteiger partial charge in [0, 0.05) is 68.1 Å². The maximum Gasteiger partial charge on any atom is 0.417 e. The number of halogens is 4. The van der Waals surface area contributed by atoms with Crippen LogP contribution in [0.4, 0.5) is 28.9 Å². The fourth-order valence-corrected chi connectivity index (χ4v) is 8.91. The number of nitrogens with one attached hydrogen (secondary N) is 4. The summed E-state index contributed by atoms with van der Waals surface area (Å²) < 4.78 is 79.6. The van der Waals surface area contributed by atoms with Crippen molar-refractivity contribution in [3.05, 3.63) is 116 Å². The fraction of sp³-hybridized carbons (Fsp3) is 0.431. The zero-order valence-corrected chi connectivity index (χ0v) is 40.5. The molecule has 4 aromatic rings. The molecule has 22 heteroatoms. The second-order valence-electron chi connectivity index (χ2n) is 17.9. The molecule has 2 fully saturated rings. The zero-order valence-electron chi connectivity index (χ0n) is 40.5. The minimum absolute atomic E-state index is 0.00487. The normalized spacial score (nSPS) is 18.3. The first-order valence-electron chi connectivity index (χ1n) is 23.9. The Morgan fingerprint density at radius 3 is 2.12 bits per heavy atom. The number of benzene rings is 3. The van der Waals surface area contributed by atoms with Crippen LogP contribution >= 0.6 is 0 Å². The molecule has 1 aromatic heterocycles. The third-order valence-electron chi connectivity index (χ3n) is 12.9. The van der Waals surface area contributed by atoms with E-state index in [4.69, 9.17) is 18.9 Å². The summed E-state index contributed by atoms with van der Waals surface area (Å²) in [6, 6.07) is 12.9. The third-order valence-corrected chi connectivity index (χ3v) is 12.9. The minimum atomic E-state index is -5.00. The molecule has 2 saturated heterocycles. The highest BCUT2D eigenvalue weighted by molar-refractivity contribution is 6.24. The van der Waals surface area contributed by atoms with E-state index >= 15 is 4.39 Å². The molecule has 4 heterocycles. The Hall–Kier alpha value is -6.85. The molecule has 390 valence electrons. The maximum atomic E-state index is 15.5. The summed E-state index contributed by atoms with van der Waals surface area (Å²) in [5, 5.41) is 7.50. The van der Waals surface area contributed by atoms with Crippen LogP contribution in [-0.4, -0.2) is 148 Å². The summed E-state index contributed by atoms with van der Waals surface area (Å²) in [6.07, 6.45) is -3.13. The molecule has 3 aromatic carbocycles. The highest BCUT2D eigenvalue weighted by Crippen LogP contribution is 2.37. The average Bonchev–Trinajstić information content (AvgIpc) is 3.61. The molecule has 0 bridgehead atoms. The number of fused-ring (bicyclic) bond motifs is 1. The van der Waals surface area contributed by atoms with Crippen molar-refractivity contribution in [2.45, 2.75) is 63.8 Å². The summed E-state index contributed by atoms with van der Waals surface area (Å²) in [5.41, 5.74) is -1.11. The number of likely N-dealkylation sites (N-methyl/N-ethyl adjacent to an activating group) is 1. The molecule has 0 aliphatic carbocycles. The first kappa shape index (κ1) is 53.9. The van der Waals surface area contributed by atoms with Crippen molar-refractivity contribution < 1.29 is 65.3 Å². The van der Waals surface area contributed by atoms with E-state index < -0.39 is 70.2 Å². The number of aromatic nitrogens is 1. The van der Waals surface area contributed by atoms with Crippen molar-refractivity contribution in [3.63, 3.8) is 0 Å². The number of pyridine rings is 1. The van der Waals surface area contributed by atoms with Crippen molar-refractivity contribution in [2.75, 3.05) is 89.8 Å². The van der Waals surface area contributed by atoms with Gasteiger partial charge in [0.05, 0.1) is 79.9 Å². The number of alkyl halides is 3. The van der Waals surface area contributed by atoms with Gasteiger partial charge in [0.2, 0.25) is 17.4 Å². The number of rotatable bonds is 22. The standard InChI is InChI=1S/C51H57F4N7O11/c1-30-28-61(29-31(2)60(30)3)41-12-10-33(25-40(41)58-47(66)37-27-57-44(64)26-38(37)51(53,54)55)36-24-34(9-11-39(36)52)46(65)56-15-17-71-19-21-73-23-22-72-20-18-70-16-5-7-32-6-4-8-35-45(32)50(69)62(49(35)68)42-13-14-43(63)59-48(42)67/h4,6,8-12,24-27,30-31,42H,5,7,13-23,28-29H2,1-3H3,(H,56,65)(H,57,64)(H,58,66)(H,59,63,67)/t30-,31+,42?. The Morgan fingerprint density at radius 1 is 0.781 bits per heavy atom. The van der Waals surface area contributed by atoms with Gasteiger partial charge in [-0.2, -0.15) is 13.2 Å². The Bertz CT molecular complexity index is 2760. The summed E-state index contributed by atoms with van der Waals surface area (Å²) in [5.74, 6) is -4.53. The number of piperazine rings is 1. The third kappa shape index (κ3) is 13.2. The van der Waals surface area contributed by atoms with E-state index in [1.54, 1.807) is 30.3 Å². The number of H-pyrrole nitrogens is 1. The largest absolute Gasteiger partial charge is 0.417 e. The summed E-state index contributed by atoms with van der Waals surface area (Å²) in [4.78, 5) is 96.0. The first-order valence-corrected chi connectivity index (χ1v) is 23.9. The summed E-state index contributed by atoms with van der Waals surface area (Å²) >= 11 is 0. The quantitative estimate of drug-likeness (QED) is 0.0473. The van der Waals surface area contributed by atoms with Crippen LogP contribution in [0.25, 0.3) is 11.1 Å². The molecule has 0 radical (unpaired) electrons. The van der Waals surface area contributed by atoms with Gasteiger partial charge < -0.3 is 39.5 Å². The number of hydrogen-bond acceptors (Lipinski definition) is 13. The van der Waals surface area contributed by atoms with Gasteiger partial charge >= 0.3 is 6.18 Å². The minimum Gasteiger partial charge on any atom is -0.379 e. The van der Waals surface area contributed by atoms with E-state index in [9.17, 15) is 46.7 Å². The predicted molar refractivity (Wildman–Crippen MR) is 258 cm³/mol. The molecule has 1 unspecified atom stereocenters. The van der Waals surface area contributed by atoms with E-state index in [1.807, 2.05) is 25.8 Å². The second-order valence-corrected chi connectivity index (χ2v) is 17.9. The topological polar surface area (TPSA) is 218 Å². The molecule has 7 rings (SSSR count). The molecular formula is C51H57F4N7O11. The highest BCUT2D eigenvalue weighted by Gasteiger charge is 2.45. The SMILES string of the molecule is C[C@@H]1CN(c2ccc(-c3cc(C(=O)NCCOCCOCCOCCOCCCc4cccc5c4C(=O)N(C4CCC(=O)NC4=O)C5=O)ccc3F)cc2NC(=O)c2c[nH]c(=O)cc2C(F)(F)F)C[C@H](C)N1C. The average molecular weight is 1020 g/mol. The van der Waals surface area contributed by atoms with Crippen molar-refractivity contribution in [1.29, 1.82) is 0 Å². The zero-order chi connectivity index (χ0) is 52.4. The molecule has 6 amide bonds. The van der Waals surface area contributed by atoms with Gasteiger partial charge in [0.25, 0.3) is 23.6 Å². The Morgan fingerprint density at radius 2 is 1.45 bits per heavy atom. The molecule has 0 saturated carbocycles. The highest BCUT2D eigenvalue weighted by atomic mass is 19.4. The van der Waals surface area contributed by atoms with Crippen molar-refractivity contribution >= 4 is 46.8 Å². The van der Waals surface area contributed by atoms with Gasteiger partial charge in [-0.05, 0) is 87.7 Å². The van der Waals surface area contributed by atoms with E-state index in [1.165, 1.54) is 18.2 Å². The van der Waals surface area contributed by atoms with Crippen LogP contribution in [0.3, 0.4) is 0 Å². The smallest absolute Gasteiger partial charge is 0.379 e. The number of carbonyl (C=O) groups is 6. The van der Waals surface area contributed by atoms with Crippen LogP contribution in [0.1, 0.15) is 85.7 Å². The number of hydrogen-bond donors (Lipinski definition) is 4. The molecule has 3 aliphatic heterocycles. The number of aryl methyl sites for hydroxylation is 1. The Balaban J connectivity index is 0.807. The molecule has 3 aliphatic rings. The van der Waals surface area contributed by atoms with Crippen molar-refractivity contribution in [3.8, 4) is 11.1 Å². The lowest BCUT2D eigenvalue weighted by atomic mass is 9.99. The fourth-order valence-electron chi connectivity index (χ4n) is 8.91. The van der Waals surface area contributed by atoms with E-state index in [2.05, 4.69) is 25.8 Å². The number of amides is 6. The van der Waals surface area contributed by atoms with Crippen LogP contribution in [-0.2, 0) is 41.1 Å². The summed E-state index contributed by atoms with van der Waals surface area (Å²) in [7, 11) is 1.98. The lowest BCUT2D eigenvalue weighted by Crippen LogP contribution is -2.55. The summed E-state index contributed by atoms with van der Waals surface area (Å²) in [6.45, 7) is 7.47. The number of ether oxygens (including phenoxy) is 4. The van der Waals surface area contributed by atoms with E-state index in [0.29, 0.717) is 82.5 Å². The second kappa shape index (κ2) is 24.2. The number of carbonyl (C=O) groups excluding carboxylic acids is 6. The predicted octanol–water partition coefficient (Wildman–Crippen LogP) is 4.81. The molecule has 18 nitrogen and oxygen atoms in total. The number of piperidine rings is 1. The van der Waals surface area contributed by atoms with Crippen molar-refractivity contribution in [2.24, 2.45) is 0 Å². The number of aromatic amines is 1. The molecule has 73 heavy (non-hydrogen) atoms. The lowest BCUT2D eigenvalue weighted by molar-refractivity contribution is -0.138.